The van der Waals surface area contributed by atoms with Gasteiger partial charge in [-0.25, -0.2) is 9.50 Å². The quantitative estimate of drug-likeness (QED) is 0.711. The lowest BCUT2D eigenvalue weighted by Crippen LogP contribution is -2.16. The molecule has 3 aromatic rings. The highest BCUT2D eigenvalue weighted by atomic mass is 16.4. The fraction of sp³-hybridized carbons (Fsp3) is 0.286. The monoisotopic (exact) mass is 256 g/mol. The Bertz CT molecular complexity index is 671. The zero-order chi connectivity index (χ0) is 13.1. The van der Waals surface area contributed by atoms with Crippen LogP contribution in [0.5, 0.6) is 0 Å². The molecule has 0 saturated heterocycles. The van der Waals surface area contributed by atoms with Gasteiger partial charge < -0.3 is 9.73 Å². The van der Waals surface area contributed by atoms with Crippen molar-refractivity contribution in [2.45, 2.75) is 13.3 Å². The van der Waals surface area contributed by atoms with Crippen molar-refractivity contribution >= 4 is 5.52 Å². The highest BCUT2D eigenvalue weighted by Crippen LogP contribution is 2.24. The van der Waals surface area contributed by atoms with Crippen molar-refractivity contribution in [1.82, 2.24) is 19.9 Å². The molecule has 0 fully saturated rings. The van der Waals surface area contributed by atoms with Crippen molar-refractivity contribution in [2.24, 2.45) is 0 Å². The van der Waals surface area contributed by atoms with Crippen molar-refractivity contribution < 1.29 is 4.42 Å². The molecule has 0 radical (unpaired) electrons. The van der Waals surface area contributed by atoms with Gasteiger partial charge in [-0.1, -0.05) is 13.0 Å². The summed E-state index contributed by atoms with van der Waals surface area (Å²) in [5, 5.41) is 7.55. The summed E-state index contributed by atoms with van der Waals surface area (Å²) in [5.74, 6) is 1.53. The molecule has 5 heteroatoms. The van der Waals surface area contributed by atoms with Crippen LogP contribution in [0.2, 0.25) is 0 Å². The number of pyridine rings is 1. The maximum Gasteiger partial charge on any atom is 0.196 e. The van der Waals surface area contributed by atoms with E-state index in [1.54, 1.807) is 6.20 Å². The summed E-state index contributed by atoms with van der Waals surface area (Å²) in [6.07, 6.45) is 6.30. The average molecular weight is 256 g/mol. The van der Waals surface area contributed by atoms with Crippen LogP contribution in [0.15, 0.2) is 41.2 Å². The van der Waals surface area contributed by atoms with Crippen LogP contribution in [0.3, 0.4) is 0 Å². The van der Waals surface area contributed by atoms with E-state index in [1.165, 1.54) is 0 Å². The molecule has 19 heavy (non-hydrogen) atoms. The molecule has 0 saturated carbocycles. The lowest BCUT2D eigenvalue weighted by Gasteiger charge is -1.97. The van der Waals surface area contributed by atoms with Gasteiger partial charge >= 0.3 is 0 Å². The van der Waals surface area contributed by atoms with Crippen molar-refractivity contribution in [3.63, 3.8) is 0 Å². The van der Waals surface area contributed by atoms with Gasteiger partial charge in [-0.05, 0) is 18.7 Å². The van der Waals surface area contributed by atoms with Crippen LogP contribution in [0.1, 0.15) is 12.8 Å². The first-order valence-electron chi connectivity index (χ1n) is 6.46. The molecule has 0 aliphatic rings. The van der Waals surface area contributed by atoms with E-state index in [1.807, 2.05) is 35.1 Å². The van der Waals surface area contributed by atoms with Crippen LogP contribution in [0.4, 0.5) is 0 Å². The van der Waals surface area contributed by atoms with E-state index >= 15 is 0 Å². The Hall–Kier alpha value is -2.14. The second-order valence-electron chi connectivity index (χ2n) is 4.31. The first-order chi connectivity index (χ1) is 9.38. The van der Waals surface area contributed by atoms with E-state index in [0.717, 1.165) is 42.2 Å². The molecule has 3 aromatic heterocycles. The Morgan fingerprint density at radius 1 is 1.32 bits per heavy atom. The van der Waals surface area contributed by atoms with Crippen molar-refractivity contribution in [3.05, 3.63) is 42.7 Å². The summed E-state index contributed by atoms with van der Waals surface area (Å²) in [4.78, 5) is 4.31. The normalized spacial score (nSPS) is 11.2. The summed E-state index contributed by atoms with van der Waals surface area (Å²) < 4.78 is 7.61. The average Bonchev–Trinajstić information content (AvgIpc) is 3.05. The number of likely N-dealkylation sites (N-methyl/N-ethyl adjacent to an activating group) is 1. The molecule has 0 atom stereocenters. The van der Waals surface area contributed by atoms with Crippen LogP contribution in [-0.2, 0) is 6.42 Å². The molecule has 1 N–H and O–H groups in total. The largest absolute Gasteiger partial charge is 0.441 e. The lowest BCUT2D eigenvalue weighted by molar-refractivity contribution is 0.497. The Morgan fingerprint density at radius 3 is 3.16 bits per heavy atom. The summed E-state index contributed by atoms with van der Waals surface area (Å²) >= 11 is 0. The molecule has 0 amide bonds. The third-order valence-electron chi connectivity index (χ3n) is 3.01. The number of nitrogens with zero attached hydrogens (tertiary/aromatic N) is 3. The smallest absolute Gasteiger partial charge is 0.196 e. The molecular weight excluding hydrogens is 240 g/mol. The first-order valence-corrected chi connectivity index (χ1v) is 6.46. The van der Waals surface area contributed by atoms with Gasteiger partial charge in [-0.2, -0.15) is 5.10 Å². The number of fused-ring (bicyclic) bond motifs is 1. The van der Waals surface area contributed by atoms with Crippen LogP contribution >= 0.6 is 0 Å². The molecule has 3 heterocycles. The standard InChI is InChI=1S/C14H16N4O/c1-2-15-7-6-14-16-10-13(19-14)11-9-17-18-8-4-3-5-12(11)18/h3-5,8-10,15H,2,6-7H2,1H3. The van der Waals surface area contributed by atoms with E-state index < -0.39 is 0 Å². The Morgan fingerprint density at radius 2 is 2.26 bits per heavy atom. The fourth-order valence-electron chi connectivity index (χ4n) is 2.05. The van der Waals surface area contributed by atoms with Crippen molar-refractivity contribution in [1.29, 1.82) is 0 Å². The predicted octanol–water partition coefficient (Wildman–Crippen LogP) is 2.14. The zero-order valence-corrected chi connectivity index (χ0v) is 10.8. The molecular formula is C14H16N4O. The zero-order valence-electron chi connectivity index (χ0n) is 10.8. The Balaban J connectivity index is 1.86. The van der Waals surface area contributed by atoms with Gasteiger partial charge in [0.1, 0.15) is 0 Å². The molecule has 98 valence electrons. The number of oxazole rings is 1. The van der Waals surface area contributed by atoms with E-state index in [9.17, 15) is 0 Å². The predicted molar refractivity (Wildman–Crippen MR) is 72.9 cm³/mol. The van der Waals surface area contributed by atoms with Gasteiger partial charge in [0.25, 0.3) is 0 Å². The highest BCUT2D eigenvalue weighted by molar-refractivity contribution is 5.76. The lowest BCUT2D eigenvalue weighted by atomic mass is 10.2. The molecule has 0 bridgehead atoms. The highest BCUT2D eigenvalue weighted by Gasteiger charge is 2.11. The van der Waals surface area contributed by atoms with Gasteiger partial charge in [0.2, 0.25) is 0 Å². The number of hydrogen-bond acceptors (Lipinski definition) is 4. The minimum absolute atomic E-state index is 0.756. The molecule has 0 spiro atoms. The second kappa shape index (κ2) is 5.24. The second-order valence-corrected chi connectivity index (χ2v) is 4.31. The summed E-state index contributed by atoms with van der Waals surface area (Å²) in [7, 11) is 0. The maximum atomic E-state index is 5.78. The van der Waals surface area contributed by atoms with E-state index in [4.69, 9.17) is 4.42 Å². The molecule has 0 unspecified atom stereocenters. The minimum Gasteiger partial charge on any atom is -0.441 e. The van der Waals surface area contributed by atoms with Gasteiger partial charge in [0, 0.05) is 19.2 Å². The number of hydrogen-bond donors (Lipinski definition) is 1. The first kappa shape index (κ1) is 11.9. The van der Waals surface area contributed by atoms with Crippen LogP contribution in [0, 0.1) is 0 Å². The fourth-order valence-corrected chi connectivity index (χ4v) is 2.05. The SMILES string of the molecule is CCNCCc1ncc(-c2cnn3ccccc23)o1. The molecule has 0 aromatic carbocycles. The number of rotatable bonds is 5. The van der Waals surface area contributed by atoms with Crippen LogP contribution < -0.4 is 5.32 Å². The van der Waals surface area contributed by atoms with Gasteiger partial charge in [-0.15, -0.1) is 0 Å². The van der Waals surface area contributed by atoms with Gasteiger partial charge in [0.05, 0.1) is 23.5 Å². The van der Waals surface area contributed by atoms with Gasteiger partial charge in [-0.3, -0.25) is 0 Å². The number of nitrogens with one attached hydrogen (secondary N) is 1. The van der Waals surface area contributed by atoms with Crippen molar-refractivity contribution in [3.8, 4) is 11.3 Å². The van der Waals surface area contributed by atoms with Gasteiger partial charge in [0.15, 0.2) is 11.7 Å². The molecule has 3 rings (SSSR count). The summed E-state index contributed by atoms with van der Waals surface area (Å²) in [5.41, 5.74) is 2.00. The van der Waals surface area contributed by atoms with Crippen LogP contribution in [0.25, 0.3) is 16.8 Å². The summed E-state index contributed by atoms with van der Waals surface area (Å²) in [6, 6.07) is 5.96. The summed E-state index contributed by atoms with van der Waals surface area (Å²) in [6.45, 7) is 3.92. The molecule has 0 aliphatic carbocycles. The van der Waals surface area contributed by atoms with E-state index in [2.05, 4.69) is 22.3 Å². The van der Waals surface area contributed by atoms with E-state index in [0.29, 0.717) is 0 Å². The minimum atomic E-state index is 0.756. The van der Waals surface area contributed by atoms with Crippen LogP contribution in [-0.4, -0.2) is 27.7 Å². The third-order valence-corrected chi connectivity index (χ3v) is 3.01. The number of aromatic nitrogens is 3. The van der Waals surface area contributed by atoms with E-state index in [-0.39, 0.29) is 0 Å². The topological polar surface area (TPSA) is 55.4 Å². The Labute approximate surface area is 111 Å². The Kier molecular flexibility index (Phi) is 3.29. The molecule has 5 nitrogen and oxygen atoms in total. The van der Waals surface area contributed by atoms with Crippen molar-refractivity contribution in [2.75, 3.05) is 13.1 Å². The molecule has 0 aliphatic heterocycles. The third kappa shape index (κ3) is 2.37. The maximum absolute atomic E-state index is 5.78.